The molecule has 134 valence electrons. The van der Waals surface area contributed by atoms with E-state index in [1.165, 1.54) is 0 Å². The van der Waals surface area contributed by atoms with Crippen LogP contribution >= 0.6 is 0 Å². The van der Waals surface area contributed by atoms with E-state index in [1.807, 2.05) is 61.5 Å². The summed E-state index contributed by atoms with van der Waals surface area (Å²) in [7, 11) is 3.90. The second kappa shape index (κ2) is 6.76. The minimum Gasteiger partial charge on any atom is -0.368 e. The molecule has 1 aromatic carbocycles. The minimum absolute atomic E-state index is 0.0838. The molecule has 4 rings (SSSR count). The quantitative estimate of drug-likeness (QED) is 0.783. The van der Waals surface area contributed by atoms with Gasteiger partial charge in [0.1, 0.15) is 11.9 Å². The number of para-hydroxylation sites is 1. The van der Waals surface area contributed by atoms with Crippen LogP contribution in [-0.2, 0) is 4.74 Å². The maximum Gasteiger partial charge on any atom is 0.275 e. The molecule has 1 amide bonds. The molecule has 2 aromatic heterocycles. The predicted octanol–water partition coefficient (Wildman–Crippen LogP) is 2.24. The highest BCUT2D eigenvalue weighted by Gasteiger charge is 2.29. The predicted molar refractivity (Wildman–Crippen MR) is 99.3 cm³/mol. The molecule has 0 saturated carbocycles. The lowest BCUT2D eigenvalue weighted by Crippen LogP contribution is -2.42. The molecule has 1 aliphatic heterocycles. The first-order valence-corrected chi connectivity index (χ1v) is 8.62. The van der Waals surface area contributed by atoms with Crippen molar-refractivity contribution in [1.82, 2.24) is 20.1 Å². The Morgan fingerprint density at radius 3 is 2.92 bits per heavy atom. The van der Waals surface area contributed by atoms with Crippen LogP contribution in [0.1, 0.15) is 22.3 Å². The number of nitrogens with one attached hydrogen (secondary N) is 1. The van der Waals surface area contributed by atoms with Gasteiger partial charge in [-0.25, -0.2) is 4.98 Å². The fourth-order valence-electron chi connectivity index (χ4n) is 3.16. The summed E-state index contributed by atoms with van der Waals surface area (Å²) in [6, 6.07) is 13.5. The smallest absolute Gasteiger partial charge is 0.275 e. The average Bonchev–Trinajstić information content (AvgIpc) is 3.12. The van der Waals surface area contributed by atoms with Gasteiger partial charge in [0, 0.05) is 26.0 Å². The van der Waals surface area contributed by atoms with Crippen molar-refractivity contribution >= 4 is 22.6 Å². The number of aromatic amines is 1. The van der Waals surface area contributed by atoms with E-state index in [-0.39, 0.29) is 12.0 Å². The van der Waals surface area contributed by atoms with Crippen LogP contribution in [-0.4, -0.2) is 59.8 Å². The molecule has 7 nitrogen and oxygen atoms in total. The summed E-state index contributed by atoms with van der Waals surface area (Å²) >= 11 is 0. The Hall–Kier alpha value is -2.93. The van der Waals surface area contributed by atoms with Gasteiger partial charge in [0.2, 0.25) is 0 Å². The van der Waals surface area contributed by atoms with Crippen molar-refractivity contribution in [2.45, 2.75) is 6.10 Å². The van der Waals surface area contributed by atoms with Gasteiger partial charge >= 0.3 is 0 Å². The first-order valence-electron chi connectivity index (χ1n) is 8.62. The molecule has 1 atom stereocenters. The van der Waals surface area contributed by atoms with Gasteiger partial charge in [-0.2, -0.15) is 5.10 Å². The van der Waals surface area contributed by atoms with Crippen LogP contribution in [0, 0.1) is 0 Å². The van der Waals surface area contributed by atoms with Gasteiger partial charge in [-0.05, 0) is 18.2 Å². The highest BCUT2D eigenvalue weighted by molar-refractivity contribution is 6.04. The van der Waals surface area contributed by atoms with E-state index < -0.39 is 0 Å². The maximum atomic E-state index is 13.0. The van der Waals surface area contributed by atoms with Crippen molar-refractivity contribution in [2.24, 2.45) is 0 Å². The number of benzene rings is 1. The monoisotopic (exact) mass is 351 g/mol. The number of hydrogen-bond acceptors (Lipinski definition) is 5. The third-order valence-corrected chi connectivity index (χ3v) is 4.57. The summed E-state index contributed by atoms with van der Waals surface area (Å²) < 4.78 is 5.88. The summed E-state index contributed by atoms with van der Waals surface area (Å²) in [5, 5.41) is 7.99. The number of H-pyrrole nitrogens is 1. The van der Waals surface area contributed by atoms with Crippen LogP contribution in [0.2, 0.25) is 0 Å². The van der Waals surface area contributed by atoms with E-state index in [0.29, 0.717) is 25.4 Å². The van der Waals surface area contributed by atoms with Gasteiger partial charge < -0.3 is 14.5 Å². The van der Waals surface area contributed by atoms with Crippen molar-refractivity contribution in [1.29, 1.82) is 0 Å². The Morgan fingerprint density at radius 1 is 1.23 bits per heavy atom. The van der Waals surface area contributed by atoms with Gasteiger partial charge in [0.25, 0.3) is 5.91 Å². The fourth-order valence-corrected chi connectivity index (χ4v) is 3.16. The zero-order valence-electron chi connectivity index (χ0n) is 14.8. The van der Waals surface area contributed by atoms with E-state index in [4.69, 9.17) is 4.74 Å². The maximum absolute atomic E-state index is 13.0. The first-order chi connectivity index (χ1) is 12.6. The number of aromatic nitrogens is 3. The molecule has 0 bridgehead atoms. The SMILES string of the molecule is CN(C)c1cccc(C2CN(C(=O)c3n[nH]c4ccccc34)CCO2)n1. The zero-order chi connectivity index (χ0) is 18.1. The molecule has 7 heteroatoms. The van der Waals surface area contributed by atoms with Gasteiger partial charge in [-0.3, -0.25) is 9.89 Å². The Labute approximate surface area is 151 Å². The number of fused-ring (bicyclic) bond motifs is 1. The summed E-state index contributed by atoms with van der Waals surface area (Å²) in [5.41, 5.74) is 2.15. The summed E-state index contributed by atoms with van der Waals surface area (Å²) in [6.07, 6.45) is -0.238. The number of ether oxygens (including phenoxy) is 1. The van der Waals surface area contributed by atoms with Crippen molar-refractivity contribution in [2.75, 3.05) is 38.7 Å². The highest BCUT2D eigenvalue weighted by Crippen LogP contribution is 2.24. The molecule has 1 saturated heterocycles. The molecule has 3 aromatic rings. The normalized spacial score (nSPS) is 17.5. The Bertz CT molecular complexity index is 936. The van der Waals surface area contributed by atoms with Gasteiger partial charge in [-0.1, -0.05) is 24.3 Å². The van der Waals surface area contributed by atoms with Gasteiger partial charge in [0.05, 0.1) is 24.4 Å². The third kappa shape index (κ3) is 3.01. The van der Waals surface area contributed by atoms with Crippen molar-refractivity contribution in [3.8, 4) is 0 Å². The van der Waals surface area contributed by atoms with E-state index in [1.54, 1.807) is 4.90 Å². The van der Waals surface area contributed by atoms with E-state index in [9.17, 15) is 4.79 Å². The standard InChI is InChI=1S/C19H21N5O2/c1-23(2)17-9-5-8-15(20-17)16-12-24(10-11-26-16)19(25)18-13-6-3-4-7-14(13)21-22-18/h3-9,16H,10-12H2,1-2H3,(H,21,22). The number of hydrogen-bond donors (Lipinski definition) is 1. The topological polar surface area (TPSA) is 74.3 Å². The fraction of sp³-hybridized carbons (Fsp3) is 0.316. The molecular formula is C19H21N5O2. The van der Waals surface area contributed by atoms with Crippen LogP contribution in [0.15, 0.2) is 42.5 Å². The summed E-state index contributed by atoms with van der Waals surface area (Å²) in [5.74, 6) is 0.785. The van der Waals surface area contributed by atoms with Crippen LogP contribution in [0.3, 0.4) is 0 Å². The lowest BCUT2D eigenvalue weighted by atomic mass is 10.1. The highest BCUT2D eigenvalue weighted by atomic mass is 16.5. The number of carbonyl (C=O) groups excluding carboxylic acids is 1. The van der Waals surface area contributed by atoms with E-state index in [0.717, 1.165) is 22.4 Å². The largest absolute Gasteiger partial charge is 0.368 e. The summed E-state index contributed by atoms with van der Waals surface area (Å²) in [6.45, 7) is 1.49. The molecule has 26 heavy (non-hydrogen) atoms. The lowest BCUT2D eigenvalue weighted by Gasteiger charge is -2.32. The van der Waals surface area contributed by atoms with Crippen LogP contribution < -0.4 is 4.90 Å². The Balaban J connectivity index is 1.57. The Morgan fingerprint density at radius 2 is 2.08 bits per heavy atom. The number of nitrogens with zero attached hydrogens (tertiary/aromatic N) is 4. The first kappa shape index (κ1) is 16.5. The Kier molecular flexibility index (Phi) is 4.30. The number of amides is 1. The van der Waals surface area contributed by atoms with Gasteiger partial charge in [-0.15, -0.1) is 0 Å². The lowest BCUT2D eigenvalue weighted by molar-refractivity contribution is -0.0248. The molecule has 0 radical (unpaired) electrons. The van der Waals surface area contributed by atoms with Crippen LogP contribution in [0.4, 0.5) is 5.82 Å². The number of pyridine rings is 1. The second-order valence-electron chi connectivity index (χ2n) is 6.54. The molecule has 0 spiro atoms. The molecule has 3 heterocycles. The number of morpholine rings is 1. The molecule has 1 fully saturated rings. The molecule has 1 unspecified atom stereocenters. The van der Waals surface area contributed by atoms with Gasteiger partial charge in [0.15, 0.2) is 5.69 Å². The zero-order valence-corrected chi connectivity index (χ0v) is 14.8. The van der Waals surface area contributed by atoms with Crippen LogP contribution in [0.5, 0.6) is 0 Å². The molecule has 1 N–H and O–H groups in total. The molecule has 1 aliphatic rings. The molecule has 0 aliphatic carbocycles. The van der Waals surface area contributed by atoms with E-state index in [2.05, 4.69) is 15.2 Å². The number of carbonyl (C=O) groups is 1. The summed E-state index contributed by atoms with van der Waals surface area (Å²) in [4.78, 5) is 21.4. The molecular weight excluding hydrogens is 330 g/mol. The van der Waals surface area contributed by atoms with Crippen LogP contribution in [0.25, 0.3) is 10.9 Å². The van der Waals surface area contributed by atoms with Crippen molar-refractivity contribution < 1.29 is 9.53 Å². The average molecular weight is 351 g/mol. The number of anilines is 1. The number of rotatable bonds is 3. The minimum atomic E-state index is -0.238. The van der Waals surface area contributed by atoms with E-state index >= 15 is 0 Å². The van der Waals surface area contributed by atoms with Crippen molar-refractivity contribution in [3.63, 3.8) is 0 Å². The third-order valence-electron chi connectivity index (χ3n) is 4.57. The second-order valence-corrected chi connectivity index (χ2v) is 6.54. The van der Waals surface area contributed by atoms with Crippen molar-refractivity contribution in [3.05, 3.63) is 53.9 Å².